The minimum Gasteiger partial charge on any atom is -0.320 e. The third-order valence-corrected chi connectivity index (χ3v) is 2.30. The Kier molecular flexibility index (Phi) is 2.70. The van der Waals surface area contributed by atoms with Crippen molar-refractivity contribution in [2.45, 2.75) is 12.1 Å². The molecule has 11 heavy (non-hydrogen) atoms. The Morgan fingerprint density at radius 2 is 2.55 bits per heavy atom. The van der Waals surface area contributed by atoms with E-state index in [1.54, 1.807) is 22.5 Å². The monoisotopic (exact) mass is 170 g/mol. The molecule has 0 saturated heterocycles. The number of imidazole rings is 1. The fourth-order valence-electron chi connectivity index (χ4n) is 0.778. The maximum atomic E-state index is 10.4. The summed E-state index contributed by atoms with van der Waals surface area (Å²) in [6.45, 7) is 2.06. The van der Waals surface area contributed by atoms with Gasteiger partial charge >= 0.3 is 0 Å². The number of thioether (sulfide) groups is 1. The average Bonchev–Trinajstić information content (AvgIpc) is 2.34. The summed E-state index contributed by atoms with van der Waals surface area (Å²) in [7, 11) is 1.84. The molecule has 60 valence electrons. The van der Waals surface area contributed by atoms with E-state index in [-0.39, 0.29) is 0 Å². The van der Waals surface area contributed by atoms with Crippen LogP contribution >= 0.6 is 11.8 Å². The minimum atomic E-state index is 0.626. The Balaban J connectivity index is 2.90. The molecule has 0 fully saturated rings. The van der Waals surface area contributed by atoms with Crippen molar-refractivity contribution in [2.24, 2.45) is 7.05 Å². The van der Waals surface area contributed by atoms with Crippen LogP contribution in [0.4, 0.5) is 0 Å². The van der Waals surface area contributed by atoms with E-state index in [4.69, 9.17) is 0 Å². The summed E-state index contributed by atoms with van der Waals surface area (Å²) in [6.07, 6.45) is 2.40. The third-order valence-electron chi connectivity index (χ3n) is 1.38. The molecule has 0 spiro atoms. The molecular formula is C7H10N2OS. The van der Waals surface area contributed by atoms with E-state index in [9.17, 15) is 4.79 Å². The Hall–Kier alpha value is -0.770. The molecule has 1 aromatic heterocycles. The van der Waals surface area contributed by atoms with Crippen molar-refractivity contribution in [3.05, 3.63) is 11.9 Å². The fourth-order valence-corrected chi connectivity index (χ4v) is 1.46. The van der Waals surface area contributed by atoms with Crippen LogP contribution in [0.15, 0.2) is 11.4 Å². The first-order valence-corrected chi connectivity index (χ1v) is 4.37. The lowest BCUT2D eigenvalue weighted by Gasteiger charge is -1.98. The molecule has 0 bridgehead atoms. The second kappa shape index (κ2) is 3.57. The smallest absolute Gasteiger partial charge is 0.168 e. The van der Waals surface area contributed by atoms with Crippen molar-refractivity contribution < 1.29 is 4.79 Å². The molecule has 0 aliphatic heterocycles. The van der Waals surface area contributed by atoms with Crippen LogP contribution in [0.1, 0.15) is 17.4 Å². The fraction of sp³-hybridized carbons (Fsp3) is 0.429. The van der Waals surface area contributed by atoms with E-state index < -0.39 is 0 Å². The van der Waals surface area contributed by atoms with E-state index in [0.29, 0.717) is 5.69 Å². The van der Waals surface area contributed by atoms with Gasteiger partial charge in [0, 0.05) is 7.05 Å². The molecule has 1 heterocycles. The number of carbonyl (C=O) groups excluding carboxylic acids is 1. The highest BCUT2D eigenvalue weighted by Gasteiger charge is 2.03. The molecule has 0 saturated carbocycles. The van der Waals surface area contributed by atoms with Crippen molar-refractivity contribution in [3.8, 4) is 0 Å². The predicted octanol–water partition coefficient (Wildman–Crippen LogP) is 1.34. The van der Waals surface area contributed by atoms with E-state index in [2.05, 4.69) is 11.9 Å². The van der Waals surface area contributed by atoms with Crippen LogP contribution in [-0.4, -0.2) is 21.6 Å². The van der Waals surface area contributed by atoms with E-state index in [1.165, 1.54) is 0 Å². The molecule has 0 unspecified atom stereocenters. The Labute approximate surface area is 69.8 Å². The third kappa shape index (κ3) is 1.63. The molecule has 1 rings (SSSR count). The van der Waals surface area contributed by atoms with Crippen molar-refractivity contribution >= 4 is 18.0 Å². The Morgan fingerprint density at radius 3 is 3.00 bits per heavy atom. The lowest BCUT2D eigenvalue weighted by molar-refractivity contribution is 0.111. The maximum Gasteiger partial charge on any atom is 0.168 e. The first-order chi connectivity index (χ1) is 5.29. The molecule has 0 aliphatic rings. The summed E-state index contributed by atoms with van der Waals surface area (Å²) in [5.41, 5.74) is 0.626. The molecule has 3 nitrogen and oxygen atoms in total. The van der Waals surface area contributed by atoms with Gasteiger partial charge in [0.1, 0.15) is 5.69 Å². The van der Waals surface area contributed by atoms with Crippen LogP contribution in [0, 0.1) is 0 Å². The van der Waals surface area contributed by atoms with Gasteiger partial charge in [-0.15, -0.1) is 0 Å². The van der Waals surface area contributed by atoms with E-state index >= 15 is 0 Å². The van der Waals surface area contributed by atoms with Crippen molar-refractivity contribution in [2.75, 3.05) is 5.75 Å². The van der Waals surface area contributed by atoms with Gasteiger partial charge in [0.2, 0.25) is 0 Å². The molecule has 1 aromatic rings. The summed E-state index contributed by atoms with van der Waals surface area (Å²) in [4.78, 5) is 14.4. The SMILES string of the molecule is CCSc1ncc(C=O)n1C. The summed E-state index contributed by atoms with van der Waals surface area (Å²) in [5.74, 6) is 0.975. The zero-order valence-electron chi connectivity index (χ0n) is 6.57. The highest BCUT2D eigenvalue weighted by atomic mass is 32.2. The molecular weight excluding hydrogens is 160 g/mol. The number of carbonyl (C=O) groups is 1. The number of aromatic nitrogens is 2. The zero-order valence-corrected chi connectivity index (χ0v) is 7.39. The van der Waals surface area contributed by atoms with Gasteiger partial charge in [0.05, 0.1) is 6.20 Å². The van der Waals surface area contributed by atoms with Crippen LogP contribution in [-0.2, 0) is 7.05 Å². The van der Waals surface area contributed by atoms with Gasteiger partial charge in [0.25, 0.3) is 0 Å². The zero-order chi connectivity index (χ0) is 8.27. The van der Waals surface area contributed by atoms with Gasteiger partial charge in [0.15, 0.2) is 11.4 Å². The van der Waals surface area contributed by atoms with Gasteiger partial charge in [-0.3, -0.25) is 4.79 Å². The summed E-state index contributed by atoms with van der Waals surface area (Å²) in [6, 6.07) is 0. The topological polar surface area (TPSA) is 34.9 Å². The van der Waals surface area contributed by atoms with Gasteiger partial charge in [-0.25, -0.2) is 4.98 Å². The van der Waals surface area contributed by atoms with Crippen LogP contribution < -0.4 is 0 Å². The van der Waals surface area contributed by atoms with Crippen LogP contribution in [0.25, 0.3) is 0 Å². The number of hydrogen-bond donors (Lipinski definition) is 0. The first kappa shape index (κ1) is 8.33. The number of aldehydes is 1. The minimum absolute atomic E-state index is 0.626. The molecule has 0 N–H and O–H groups in total. The number of nitrogens with zero attached hydrogens (tertiary/aromatic N) is 2. The van der Waals surface area contributed by atoms with Crippen LogP contribution in [0.3, 0.4) is 0 Å². The molecule has 0 atom stereocenters. The average molecular weight is 170 g/mol. The van der Waals surface area contributed by atoms with Crippen molar-refractivity contribution in [1.29, 1.82) is 0 Å². The van der Waals surface area contributed by atoms with Gasteiger partial charge in [-0.05, 0) is 5.75 Å². The number of hydrogen-bond acceptors (Lipinski definition) is 3. The predicted molar refractivity (Wildman–Crippen MR) is 45.0 cm³/mol. The highest BCUT2D eigenvalue weighted by molar-refractivity contribution is 7.99. The standard InChI is InChI=1S/C7H10N2OS/c1-3-11-7-8-4-6(5-10)9(7)2/h4-5H,3H2,1-2H3. The second-order valence-corrected chi connectivity index (χ2v) is 3.31. The van der Waals surface area contributed by atoms with Gasteiger partial charge in [-0.2, -0.15) is 0 Å². The Bertz CT molecular complexity index is 257. The summed E-state index contributed by atoms with van der Waals surface area (Å²) < 4.78 is 1.79. The van der Waals surface area contributed by atoms with Gasteiger partial charge < -0.3 is 4.57 Å². The molecule has 0 radical (unpaired) electrons. The number of rotatable bonds is 3. The highest BCUT2D eigenvalue weighted by Crippen LogP contribution is 2.15. The largest absolute Gasteiger partial charge is 0.320 e. The van der Waals surface area contributed by atoms with Gasteiger partial charge in [-0.1, -0.05) is 18.7 Å². The van der Waals surface area contributed by atoms with E-state index in [1.807, 2.05) is 7.05 Å². The molecule has 0 aliphatic carbocycles. The van der Waals surface area contributed by atoms with E-state index in [0.717, 1.165) is 17.2 Å². The molecule has 0 aromatic carbocycles. The summed E-state index contributed by atoms with van der Waals surface area (Å²) in [5, 5.41) is 0.898. The maximum absolute atomic E-state index is 10.4. The van der Waals surface area contributed by atoms with Crippen molar-refractivity contribution in [1.82, 2.24) is 9.55 Å². The molecule has 0 amide bonds. The lowest BCUT2D eigenvalue weighted by atomic mass is 10.5. The molecule has 4 heteroatoms. The van der Waals surface area contributed by atoms with Crippen LogP contribution in [0.2, 0.25) is 0 Å². The van der Waals surface area contributed by atoms with Crippen LogP contribution in [0.5, 0.6) is 0 Å². The first-order valence-electron chi connectivity index (χ1n) is 3.39. The second-order valence-electron chi connectivity index (χ2n) is 2.08. The summed E-state index contributed by atoms with van der Waals surface area (Å²) >= 11 is 1.63. The van der Waals surface area contributed by atoms with Crippen molar-refractivity contribution in [3.63, 3.8) is 0 Å². The quantitative estimate of drug-likeness (QED) is 0.507. The Morgan fingerprint density at radius 1 is 1.82 bits per heavy atom. The lowest BCUT2D eigenvalue weighted by Crippen LogP contribution is -1.95. The normalized spacial score (nSPS) is 10.0.